The van der Waals surface area contributed by atoms with Gasteiger partial charge in [-0.1, -0.05) is 40.5 Å². The van der Waals surface area contributed by atoms with Crippen LogP contribution in [0.15, 0.2) is 47.6 Å². The summed E-state index contributed by atoms with van der Waals surface area (Å²) in [6.07, 6.45) is 1.32. The molecular weight excluding hydrogens is 273 g/mol. The minimum atomic E-state index is 0.505. The van der Waals surface area contributed by atoms with Crippen LogP contribution in [0.5, 0.6) is 11.5 Å². The molecule has 0 atom stereocenters. The van der Waals surface area contributed by atoms with Gasteiger partial charge in [-0.3, -0.25) is 0 Å². The van der Waals surface area contributed by atoms with Gasteiger partial charge >= 0.3 is 0 Å². The monoisotopic (exact) mass is 281 g/mol. The SMILES string of the molecule is O/N=C/c1cccc(Oc2cc(Cl)cc(Cl)c2)c1. The Morgan fingerprint density at radius 2 is 1.72 bits per heavy atom. The lowest BCUT2D eigenvalue weighted by Crippen LogP contribution is -1.87. The molecule has 5 heteroatoms. The van der Waals surface area contributed by atoms with Crippen LogP contribution in [0.1, 0.15) is 5.56 Å². The summed E-state index contributed by atoms with van der Waals surface area (Å²) >= 11 is 11.8. The van der Waals surface area contributed by atoms with Gasteiger partial charge < -0.3 is 9.94 Å². The van der Waals surface area contributed by atoms with E-state index in [4.69, 9.17) is 33.1 Å². The van der Waals surface area contributed by atoms with Crippen LogP contribution < -0.4 is 4.74 Å². The zero-order valence-corrected chi connectivity index (χ0v) is 10.7. The molecule has 0 spiro atoms. The van der Waals surface area contributed by atoms with Gasteiger partial charge in [-0.25, -0.2) is 0 Å². The fourth-order valence-electron chi connectivity index (χ4n) is 1.45. The van der Waals surface area contributed by atoms with Gasteiger partial charge in [-0.2, -0.15) is 0 Å². The second-order valence-electron chi connectivity index (χ2n) is 3.52. The van der Waals surface area contributed by atoms with Crippen LogP contribution >= 0.6 is 23.2 Å². The van der Waals surface area contributed by atoms with Gasteiger partial charge in [-0.15, -0.1) is 0 Å². The van der Waals surface area contributed by atoms with Crippen molar-refractivity contribution < 1.29 is 9.94 Å². The van der Waals surface area contributed by atoms with Crippen molar-refractivity contribution in [2.75, 3.05) is 0 Å². The van der Waals surface area contributed by atoms with Crippen molar-refractivity contribution in [3.05, 3.63) is 58.1 Å². The average molecular weight is 282 g/mol. The Morgan fingerprint density at radius 1 is 1.00 bits per heavy atom. The summed E-state index contributed by atoms with van der Waals surface area (Å²) in [5.74, 6) is 1.15. The molecule has 2 rings (SSSR count). The zero-order valence-electron chi connectivity index (χ0n) is 9.18. The Morgan fingerprint density at radius 3 is 2.39 bits per heavy atom. The first-order valence-corrected chi connectivity index (χ1v) is 5.84. The highest BCUT2D eigenvalue weighted by molar-refractivity contribution is 6.34. The minimum Gasteiger partial charge on any atom is -0.457 e. The van der Waals surface area contributed by atoms with E-state index in [0.717, 1.165) is 5.56 Å². The maximum absolute atomic E-state index is 8.47. The predicted molar refractivity (Wildman–Crippen MR) is 72.4 cm³/mol. The van der Waals surface area contributed by atoms with Gasteiger partial charge in [-0.05, 0) is 35.9 Å². The molecular formula is C13H9Cl2NO2. The van der Waals surface area contributed by atoms with E-state index in [1.165, 1.54) is 6.21 Å². The molecule has 0 radical (unpaired) electrons. The lowest BCUT2D eigenvalue weighted by atomic mass is 10.2. The molecule has 0 fully saturated rings. The van der Waals surface area contributed by atoms with Crippen molar-refractivity contribution >= 4 is 29.4 Å². The summed E-state index contributed by atoms with van der Waals surface area (Å²) < 4.78 is 5.61. The number of hydrogen-bond donors (Lipinski definition) is 1. The first kappa shape index (κ1) is 12.7. The molecule has 18 heavy (non-hydrogen) atoms. The number of benzene rings is 2. The molecule has 0 aliphatic carbocycles. The molecule has 0 aliphatic rings. The summed E-state index contributed by atoms with van der Waals surface area (Å²) in [4.78, 5) is 0. The summed E-state index contributed by atoms with van der Waals surface area (Å²) in [5.41, 5.74) is 0.725. The molecule has 0 heterocycles. The molecule has 0 unspecified atom stereocenters. The van der Waals surface area contributed by atoms with E-state index in [1.807, 2.05) is 0 Å². The van der Waals surface area contributed by atoms with E-state index in [-0.39, 0.29) is 0 Å². The molecule has 1 N–H and O–H groups in total. The minimum absolute atomic E-state index is 0.505. The molecule has 0 aromatic heterocycles. The molecule has 2 aromatic rings. The highest BCUT2D eigenvalue weighted by Gasteiger charge is 2.01. The first-order chi connectivity index (χ1) is 8.67. The van der Waals surface area contributed by atoms with Crippen molar-refractivity contribution in [2.24, 2.45) is 5.16 Å². The van der Waals surface area contributed by atoms with Crippen molar-refractivity contribution in [2.45, 2.75) is 0 Å². The largest absolute Gasteiger partial charge is 0.457 e. The quantitative estimate of drug-likeness (QED) is 0.508. The Labute approximate surface area is 114 Å². The lowest BCUT2D eigenvalue weighted by Gasteiger charge is -2.07. The average Bonchev–Trinajstić information content (AvgIpc) is 2.28. The summed E-state index contributed by atoms with van der Waals surface area (Å²) in [5, 5.41) is 12.4. The van der Waals surface area contributed by atoms with Crippen LogP contribution in [0.4, 0.5) is 0 Å². The van der Waals surface area contributed by atoms with Gasteiger partial charge in [0.1, 0.15) is 11.5 Å². The molecule has 3 nitrogen and oxygen atoms in total. The van der Waals surface area contributed by atoms with Crippen molar-refractivity contribution in [1.29, 1.82) is 0 Å². The number of ether oxygens (including phenoxy) is 1. The molecule has 0 aliphatic heterocycles. The molecule has 2 aromatic carbocycles. The second-order valence-corrected chi connectivity index (χ2v) is 4.40. The highest BCUT2D eigenvalue weighted by Crippen LogP contribution is 2.28. The Hall–Kier alpha value is -1.71. The number of halogens is 2. The number of oxime groups is 1. The van der Waals surface area contributed by atoms with Crippen molar-refractivity contribution in [3.8, 4) is 11.5 Å². The van der Waals surface area contributed by atoms with E-state index < -0.39 is 0 Å². The van der Waals surface area contributed by atoms with Gasteiger partial charge in [0.05, 0.1) is 6.21 Å². The third kappa shape index (κ3) is 3.39. The van der Waals surface area contributed by atoms with E-state index in [9.17, 15) is 0 Å². The summed E-state index contributed by atoms with van der Waals surface area (Å²) in [7, 11) is 0. The third-order valence-electron chi connectivity index (χ3n) is 2.14. The maximum atomic E-state index is 8.47. The fourth-order valence-corrected chi connectivity index (χ4v) is 1.95. The third-order valence-corrected chi connectivity index (χ3v) is 2.57. The van der Waals surface area contributed by atoms with E-state index >= 15 is 0 Å². The second kappa shape index (κ2) is 5.76. The maximum Gasteiger partial charge on any atom is 0.130 e. The predicted octanol–water partition coefficient (Wildman–Crippen LogP) is 4.59. The number of hydrogen-bond acceptors (Lipinski definition) is 3. The van der Waals surface area contributed by atoms with E-state index in [2.05, 4.69) is 5.16 Å². The van der Waals surface area contributed by atoms with Crippen LogP contribution in [-0.4, -0.2) is 11.4 Å². The lowest BCUT2D eigenvalue weighted by molar-refractivity contribution is 0.322. The molecule has 0 bridgehead atoms. The summed E-state index contributed by atoms with van der Waals surface area (Å²) in [6.45, 7) is 0. The van der Waals surface area contributed by atoms with E-state index in [1.54, 1.807) is 42.5 Å². The van der Waals surface area contributed by atoms with E-state index in [0.29, 0.717) is 21.5 Å². The van der Waals surface area contributed by atoms with Crippen LogP contribution in [0.2, 0.25) is 10.0 Å². The van der Waals surface area contributed by atoms with Gasteiger partial charge in [0.25, 0.3) is 0 Å². The standard InChI is InChI=1S/C13H9Cl2NO2/c14-10-5-11(15)7-13(6-10)18-12-3-1-2-9(4-12)8-16-17/h1-8,17H/b16-8+. The molecule has 92 valence electrons. The fraction of sp³-hybridized carbons (Fsp3) is 0. The van der Waals surface area contributed by atoms with Crippen molar-refractivity contribution in [3.63, 3.8) is 0 Å². The normalized spacial score (nSPS) is 10.8. The van der Waals surface area contributed by atoms with Gasteiger partial charge in [0.2, 0.25) is 0 Å². The van der Waals surface area contributed by atoms with Crippen LogP contribution in [0, 0.1) is 0 Å². The molecule has 0 amide bonds. The summed E-state index contributed by atoms with van der Waals surface area (Å²) in [6, 6.07) is 12.1. The molecule has 0 saturated carbocycles. The Balaban J connectivity index is 2.25. The zero-order chi connectivity index (χ0) is 13.0. The van der Waals surface area contributed by atoms with Crippen LogP contribution in [-0.2, 0) is 0 Å². The first-order valence-electron chi connectivity index (χ1n) is 5.09. The van der Waals surface area contributed by atoms with Gasteiger partial charge in [0, 0.05) is 10.0 Å². The number of rotatable bonds is 3. The topological polar surface area (TPSA) is 41.8 Å². The van der Waals surface area contributed by atoms with Gasteiger partial charge in [0.15, 0.2) is 0 Å². The Bertz CT molecular complexity index is 565. The van der Waals surface area contributed by atoms with Crippen LogP contribution in [0.3, 0.4) is 0 Å². The van der Waals surface area contributed by atoms with Crippen molar-refractivity contribution in [1.82, 2.24) is 0 Å². The Kier molecular flexibility index (Phi) is 4.07. The molecule has 0 saturated heterocycles. The number of nitrogens with zero attached hydrogens (tertiary/aromatic N) is 1. The van der Waals surface area contributed by atoms with Crippen LogP contribution in [0.25, 0.3) is 0 Å². The smallest absolute Gasteiger partial charge is 0.130 e. The highest BCUT2D eigenvalue weighted by atomic mass is 35.5.